The number of hydrogen-bond acceptors (Lipinski definition) is 4. The fourth-order valence-electron chi connectivity index (χ4n) is 4.58. The second-order valence-electron chi connectivity index (χ2n) is 8.63. The number of aromatic nitrogens is 2. The molecule has 2 unspecified atom stereocenters. The van der Waals surface area contributed by atoms with Gasteiger partial charge in [0.2, 0.25) is 5.91 Å². The molecule has 0 spiro atoms. The molecule has 3 N–H and O–H groups in total. The average Bonchev–Trinajstić information content (AvgIpc) is 3.43. The van der Waals surface area contributed by atoms with E-state index in [-0.39, 0.29) is 17.2 Å². The van der Waals surface area contributed by atoms with Crippen LogP contribution in [0.1, 0.15) is 41.1 Å². The zero-order chi connectivity index (χ0) is 24.9. The molecule has 2 aliphatic heterocycles. The zero-order valence-corrected chi connectivity index (χ0v) is 19.2. The summed E-state index contributed by atoms with van der Waals surface area (Å²) in [6, 6.07) is 7.61. The highest BCUT2D eigenvalue weighted by Gasteiger charge is 2.42. The number of benzene rings is 2. The molecule has 0 bridgehead atoms. The van der Waals surface area contributed by atoms with Crippen molar-refractivity contribution < 1.29 is 22.8 Å². The van der Waals surface area contributed by atoms with Gasteiger partial charge in [-0.25, -0.2) is 4.98 Å². The molecule has 3 atom stereocenters. The fourth-order valence-corrected chi connectivity index (χ4v) is 4.75. The number of carbonyl (C=O) groups is 2. The van der Waals surface area contributed by atoms with Crippen molar-refractivity contribution in [3.8, 4) is 0 Å². The maximum absolute atomic E-state index is 14.0. The molecule has 0 saturated carbocycles. The number of alkyl halides is 3. The van der Waals surface area contributed by atoms with E-state index in [1.54, 1.807) is 31.2 Å². The summed E-state index contributed by atoms with van der Waals surface area (Å²) in [5.74, 6) is -0.925. The lowest BCUT2D eigenvalue weighted by atomic mass is 9.93. The van der Waals surface area contributed by atoms with E-state index in [1.807, 2.05) is 0 Å². The molecular weight excluding hydrogens is 483 g/mol. The molecule has 1 saturated heterocycles. The first-order chi connectivity index (χ1) is 16.6. The lowest BCUT2D eigenvalue weighted by Crippen LogP contribution is -2.48. The van der Waals surface area contributed by atoms with E-state index in [1.165, 1.54) is 23.2 Å². The minimum absolute atomic E-state index is 0.0882. The van der Waals surface area contributed by atoms with Crippen molar-refractivity contribution in [2.75, 3.05) is 11.4 Å². The molecule has 1 fully saturated rings. The summed E-state index contributed by atoms with van der Waals surface area (Å²) < 4.78 is 42.1. The minimum atomic E-state index is -4.70. The van der Waals surface area contributed by atoms with Gasteiger partial charge in [-0.3, -0.25) is 9.59 Å². The average molecular weight is 504 g/mol. The Labute approximate surface area is 203 Å². The molecule has 7 nitrogen and oxygen atoms in total. The van der Waals surface area contributed by atoms with Gasteiger partial charge in [-0.15, -0.1) is 0 Å². The lowest BCUT2D eigenvalue weighted by Gasteiger charge is -2.34. The third-order valence-corrected chi connectivity index (χ3v) is 6.57. The summed E-state index contributed by atoms with van der Waals surface area (Å²) in [5.41, 5.74) is 0.184. The van der Waals surface area contributed by atoms with Crippen molar-refractivity contribution in [2.45, 2.75) is 31.6 Å². The van der Waals surface area contributed by atoms with Crippen LogP contribution in [0, 0.1) is 5.92 Å². The second-order valence-corrected chi connectivity index (χ2v) is 9.07. The van der Waals surface area contributed by atoms with Crippen LogP contribution in [0.25, 0.3) is 11.0 Å². The van der Waals surface area contributed by atoms with Gasteiger partial charge in [0.15, 0.2) is 0 Å². The van der Waals surface area contributed by atoms with Crippen molar-refractivity contribution >= 4 is 40.1 Å². The van der Waals surface area contributed by atoms with Gasteiger partial charge in [0.1, 0.15) is 5.82 Å². The number of aromatic amines is 1. The zero-order valence-electron chi connectivity index (χ0n) is 18.5. The fraction of sp³-hybridized carbons (Fsp3) is 0.292. The van der Waals surface area contributed by atoms with E-state index in [0.29, 0.717) is 34.8 Å². The summed E-state index contributed by atoms with van der Waals surface area (Å²) in [6.07, 6.45) is -1.05. The van der Waals surface area contributed by atoms with Gasteiger partial charge in [0.25, 0.3) is 5.91 Å². The normalized spacial score (nSPS) is 20.6. The van der Waals surface area contributed by atoms with Crippen molar-refractivity contribution in [3.63, 3.8) is 0 Å². The largest absolute Gasteiger partial charge is 0.418 e. The number of hydrogen-bond donors (Lipinski definition) is 3. The molecule has 35 heavy (non-hydrogen) atoms. The van der Waals surface area contributed by atoms with Crippen LogP contribution in [0.2, 0.25) is 5.02 Å². The molecule has 5 rings (SSSR count). The summed E-state index contributed by atoms with van der Waals surface area (Å²) >= 11 is 5.99. The highest BCUT2D eigenvalue weighted by molar-refractivity contribution is 6.31. The lowest BCUT2D eigenvalue weighted by molar-refractivity contribution is -0.137. The Bertz CT molecular complexity index is 1350. The molecule has 3 heterocycles. The number of nitrogens with one attached hydrogen (secondary N) is 3. The quantitative estimate of drug-likeness (QED) is 0.487. The number of nitrogens with zero attached hydrogens (tertiary/aromatic N) is 2. The maximum Gasteiger partial charge on any atom is 0.418 e. The Morgan fingerprint density at radius 2 is 2.06 bits per heavy atom. The standard InChI is InChI=1S/C24H21ClF3N5O2/c1-12(21-31-17-4-3-14(25)11-18(17)32-21)30-22(34)13-2-5-20(16(10-13)24(26,27)28)33-9-7-15-19(33)6-8-29-23(15)35/h2-5,7,9-12,15,19H,6,8H2,1H3,(H,29,35)(H,30,34)(H,31,32)/t12-,15?,19?/m0/s1. The number of H-pyrrole nitrogens is 1. The van der Waals surface area contributed by atoms with Gasteiger partial charge < -0.3 is 20.5 Å². The van der Waals surface area contributed by atoms with Crippen LogP contribution >= 0.6 is 11.6 Å². The van der Waals surface area contributed by atoms with Gasteiger partial charge in [-0.05, 0) is 49.7 Å². The monoisotopic (exact) mass is 503 g/mol. The van der Waals surface area contributed by atoms with Crippen LogP contribution in [-0.4, -0.2) is 34.4 Å². The van der Waals surface area contributed by atoms with Crippen molar-refractivity contribution in [1.29, 1.82) is 0 Å². The first-order valence-electron chi connectivity index (χ1n) is 11.0. The van der Waals surface area contributed by atoms with E-state index in [2.05, 4.69) is 20.6 Å². The summed E-state index contributed by atoms with van der Waals surface area (Å²) in [7, 11) is 0. The third kappa shape index (κ3) is 4.34. The molecule has 2 aliphatic rings. The topological polar surface area (TPSA) is 90.1 Å². The summed E-state index contributed by atoms with van der Waals surface area (Å²) in [6.45, 7) is 2.07. The van der Waals surface area contributed by atoms with E-state index in [4.69, 9.17) is 11.6 Å². The van der Waals surface area contributed by atoms with Crippen LogP contribution < -0.4 is 15.5 Å². The van der Waals surface area contributed by atoms with Gasteiger partial charge >= 0.3 is 6.18 Å². The molecule has 11 heteroatoms. The Hall–Kier alpha value is -3.53. The van der Waals surface area contributed by atoms with E-state index in [0.717, 1.165) is 6.07 Å². The minimum Gasteiger partial charge on any atom is -0.355 e. The second kappa shape index (κ2) is 8.60. The highest BCUT2D eigenvalue weighted by Crippen LogP contribution is 2.41. The number of fused-ring (bicyclic) bond motifs is 2. The summed E-state index contributed by atoms with van der Waals surface area (Å²) in [5, 5.41) is 5.95. The summed E-state index contributed by atoms with van der Waals surface area (Å²) in [4.78, 5) is 33.9. The molecule has 0 aliphatic carbocycles. The molecular formula is C24H21ClF3N5O2. The number of rotatable bonds is 4. The van der Waals surface area contributed by atoms with Gasteiger partial charge in [-0.1, -0.05) is 17.7 Å². The van der Waals surface area contributed by atoms with Crippen LogP contribution in [0.5, 0.6) is 0 Å². The van der Waals surface area contributed by atoms with Crippen LogP contribution in [0.15, 0.2) is 48.7 Å². The van der Waals surface area contributed by atoms with Crippen molar-refractivity contribution in [3.05, 3.63) is 70.6 Å². The smallest absolute Gasteiger partial charge is 0.355 e. The molecule has 2 aromatic carbocycles. The Morgan fingerprint density at radius 3 is 2.83 bits per heavy atom. The predicted molar refractivity (Wildman–Crippen MR) is 125 cm³/mol. The number of amides is 2. The van der Waals surface area contributed by atoms with Crippen LogP contribution in [0.3, 0.4) is 0 Å². The maximum atomic E-state index is 14.0. The molecule has 1 aromatic heterocycles. The van der Waals surface area contributed by atoms with Gasteiger partial charge in [0.05, 0.1) is 40.3 Å². The highest BCUT2D eigenvalue weighted by atomic mass is 35.5. The van der Waals surface area contributed by atoms with Crippen LogP contribution in [-0.2, 0) is 11.0 Å². The Kier molecular flexibility index (Phi) is 5.71. The third-order valence-electron chi connectivity index (χ3n) is 6.33. The number of anilines is 1. The van der Waals surface area contributed by atoms with Crippen LogP contribution in [0.4, 0.5) is 18.9 Å². The van der Waals surface area contributed by atoms with E-state index in [9.17, 15) is 22.8 Å². The molecule has 0 radical (unpaired) electrons. The first kappa shape index (κ1) is 23.2. The van der Waals surface area contributed by atoms with Crippen molar-refractivity contribution in [2.24, 2.45) is 5.92 Å². The first-order valence-corrected chi connectivity index (χ1v) is 11.4. The predicted octanol–water partition coefficient (Wildman–Crippen LogP) is 4.56. The molecule has 2 amide bonds. The van der Waals surface area contributed by atoms with Crippen molar-refractivity contribution in [1.82, 2.24) is 20.6 Å². The van der Waals surface area contributed by atoms with Gasteiger partial charge in [-0.2, -0.15) is 13.2 Å². The number of piperidine rings is 1. The number of imidazole rings is 1. The Balaban J connectivity index is 1.40. The Morgan fingerprint density at radius 1 is 1.26 bits per heavy atom. The van der Waals surface area contributed by atoms with Gasteiger partial charge in [0, 0.05) is 23.3 Å². The van der Waals surface area contributed by atoms with E-state index >= 15 is 0 Å². The van der Waals surface area contributed by atoms with E-state index < -0.39 is 35.6 Å². The molecule has 182 valence electrons. The number of halogens is 4. The molecule has 3 aromatic rings. The number of carbonyl (C=O) groups excluding carboxylic acids is 2. The SMILES string of the molecule is C[C@H](NC(=O)c1ccc(N2C=CC3C(=O)NCCC32)c(C(F)(F)F)c1)c1nc2ccc(Cl)cc2[nH]1.